The Labute approximate surface area is 107 Å². The Morgan fingerprint density at radius 3 is 2.83 bits per heavy atom. The first-order valence-corrected chi connectivity index (χ1v) is 6.46. The van der Waals surface area contributed by atoms with E-state index < -0.39 is 12.9 Å². The lowest BCUT2D eigenvalue weighted by Gasteiger charge is -2.33. The molecule has 98 valence electrons. The molecule has 2 N–H and O–H groups in total. The molecule has 1 fully saturated rings. The molecule has 0 amide bonds. The van der Waals surface area contributed by atoms with Crippen molar-refractivity contribution in [2.45, 2.75) is 38.8 Å². The maximum atomic E-state index is 13.3. The Hall–Kier alpha value is -0.905. The molecule has 0 aromatic heterocycles. The molecule has 1 unspecified atom stereocenters. The monoisotopic (exact) mass is 251 g/mol. The minimum atomic E-state index is -1.75. The highest BCUT2D eigenvalue weighted by Gasteiger charge is 2.20. The van der Waals surface area contributed by atoms with Crippen molar-refractivity contribution in [1.29, 1.82) is 0 Å². The standard InChI is InChI=1S/C13H19BFNO2/c1-10-4-2-3-7-16(10)9-11-5-6-13(15)12(8-11)14(17)18/h5-6,8,10,17-18H,2-4,7,9H2,1H3. The van der Waals surface area contributed by atoms with Crippen LogP contribution in [0.15, 0.2) is 18.2 Å². The van der Waals surface area contributed by atoms with Gasteiger partial charge in [-0.05, 0) is 37.9 Å². The summed E-state index contributed by atoms with van der Waals surface area (Å²) in [5, 5.41) is 18.2. The summed E-state index contributed by atoms with van der Waals surface area (Å²) in [5.74, 6) is -0.569. The lowest BCUT2D eigenvalue weighted by Crippen LogP contribution is -2.38. The molecule has 0 bridgehead atoms. The fourth-order valence-corrected chi connectivity index (χ4v) is 2.52. The van der Waals surface area contributed by atoms with Crippen molar-refractivity contribution in [2.75, 3.05) is 6.54 Å². The molecule has 1 atom stereocenters. The second kappa shape index (κ2) is 5.82. The predicted molar refractivity (Wildman–Crippen MR) is 69.9 cm³/mol. The van der Waals surface area contributed by atoms with Gasteiger partial charge in [0.05, 0.1) is 0 Å². The first kappa shape index (κ1) is 13.5. The van der Waals surface area contributed by atoms with E-state index in [-0.39, 0.29) is 5.46 Å². The number of likely N-dealkylation sites (tertiary alicyclic amines) is 1. The van der Waals surface area contributed by atoms with Crippen LogP contribution in [0.2, 0.25) is 0 Å². The van der Waals surface area contributed by atoms with Crippen LogP contribution in [-0.4, -0.2) is 34.7 Å². The lowest BCUT2D eigenvalue weighted by molar-refractivity contribution is 0.152. The molecule has 1 saturated heterocycles. The van der Waals surface area contributed by atoms with E-state index >= 15 is 0 Å². The zero-order valence-electron chi connectivity index (χ0n) is 10.6. The van der Waals surface area contributed by atoms with Gasteiger partial charge in [0.2, 0.25) is 0 Å². The number of benzene rings is 1. The minimum absolute atomic E-state index is 0.0443. The van der Waals surface area contributed by atoms with E-state index in [1.165, 1.54) is 25.3 Å². The number of piperidine rings is 1. The fourth-order valence-electron chi connectivity index (χ4n) is 2.52. The molecule has 2 rings (SSSR count). The van der Waals surface area contributed by atoms with Gasteiger partial charge in [0.1, 0.15) is 5.82 Å². The molecule has 0 spiro atoms. The molecule has 1 aromatic rings. The van der Waals surface area contributed by atoms with Crippen LogP contribution >= 0.6 is 0 Å². The molecular formula is C13H19BFNO2. The Morgan fingerprint density at radius 1 is 1.39 bits per heavy atom. The minimum Gasteiger partial charge on any atom is -0.423 e. The van der Waals surface area contributed by atoms with Gasteiger partial charge in [-0.25, -0.2) is 4.39 Å². The summed E-state index contributed by atoms with van der Waals surface area (Å²) in [7, 11) is -1.75. The topological polar surface area (TPSA) is 43.7 Å². The van der Waals surface area contributed by atoms with Gasteiger partial charge in [0.25, 0.3) is 0 Å². The first-order valence-electron chi connectivity index (χ1n) is 6.46. The maximum absolute atomic E-state index is 13.3. The highest BCUT2D eigenvalue weighted by molar-refractivity contribution is 6.58. The molecular weight excluding hydrogens is 232 g/mol. The second-order valence-electron chi connectivity index (χ2n) is 5.04. The Balaban J connectivity index is 2.11. The molecule has 1 aliphatic heterocycles. The number of halogens is 1. The van der Waals surface area contributed by atoms with Gasteiger partial charge in [-0.2, -0.15) is 0 Å². The van der Waals surface area contributed by atoms with Crippen LogP contribution in [0.3, 0.4) is 0 Å². The highest BCUT2D eigenvalue weighted by Crippen LogP contribution is 2.18. The molecule has 18 heavy (non-hydrogen) atoms. The van der Waals surface area contributed by atoms with E-state index in [4.69, 9.17) is 10.0 Å². The van der Waals surface area contributed by atoms with Crippen molar-refractivity contribution in [3.8, 4) is 0 Å². The normalized spacial score (nSPS) is 21.0. The van der Waals surface area contributed by atoms with Gasteiger partial charge in [-0.15, -0.1) is 0 Å². The lowest BCUT2D eigenvalue weighted by atomic mass is 9.79. The largest absolute Gasteiger partial charge is 0.491 e. The van der Waals surface area contributed by atoms with Gasteiger partial charge >= 0.3 is 7.12 Å². The summed E-state index contributed by atoms with van der Waals surface area (Å²) in [4.78, 5) is 2.35. The van der Waals surface area contributed by atoms with Crippen LogP contribution in [0.25, 0.3) is 0 Å². The number of hydrogen-bond donors (Lipinski definition) is 2. The fraction of sp³-hybridized carbons (Fsp3) is 0.538. The summed E-state index contributed by atoms with van der Waals surface area (Å²) < 4.78 is 13.3. The second-order valence-corrected chi connectivity index (χ2v) is 5.04. The van der Waals surface area contributed by atoms with Crippen molar-refractivity contribution >= 4 is 12.6 Å². The van der Waals surface area contributed by atoms with E-state index in [2.05, 4.69) is 11.8 Å². The van der Waals surface area contributed by atoms with Crippen LogP contribution in [-0.2, 0) is 6.54 Å². The van der Waals surface area contributed by atoms with E-state index in [9.17, 15) is 4.39 Å². The van der Waals surface area contributed by atoms with E-state index in [1.807, 2.05) is 0 Å². The molecule has 0 aliphatic carbocycles. The van der Waals surface area contributed by atoms with Crippen LogP contribution in [0.5, 0.6) is 0 Å². The van der Waals surface area contributed by atoms with E-state index in [0.717, 1.165) is 18.7 Å². The van der Waals surface area contributed by atoms with Crippen molar-refractivity contribution in [3.63, 3.8) is 0 Å². The number of nitrogens with zero attached hydrogens (tertiary/aromatic N) is 1. The van der Waals surface area contributed by atoms with E-state index in [1.54, 1.807) is 12.1 Å². The average molecular weight is 251 g/mol. The van der Waals surface area contributed by atoms with Crippen LogP contribution in [0.4, 0.5) is 4.39 Å². The van der Waals surface area contributed by atoms with Crippen molar-refractivity contribution in [1.82, 2.24) is 4.90 Å². The number of rotatable bonds is 3. The van der Waals surface area contributed by atoms with Gasteiger partial charge in [0.15, 0.2) is 0 Å². The highest BCUT2D eigenvalue weighted by atomic mass is 19.1. The zero-order valence-corrected chi connectivity index (χ0v) is 10.6. The van der Waals surface area contributed by atoms with Crippen molar-refractivity contribution in [2.24, 2.45) is 0 Å². The van der Waals surface area contributed by atoms with Gasteiger partial charge < -0.3 is 10.0 Å². The zero-order chi connectivity index (χ0) is 13.1. The summed E-state index contributed by atoms with van der Waals surface area (Å²) in [5.41, 5.74) is 0.880. The number of hydrogen-bond acceptors (Lipinski definition) is 3. The van der Waals surface area contributed by atoms with Crippen LogP contribution in [0.1, 0.15) is 31.7 Å². The molecule has 1 heterocycles. The van der Waals surface area contributed by atoms with Gasteiger partial charge in [-0.3, -0.25) is 4.90 Å². The van der Waals surface area contributed by atoms with Crippen molar-refractivity contribution in [3.05, 3.63) is 29.6 Å². The SMILES string of the molecule is CC1CCCCN1Cc1ccc(F)c(B(O)O)c1. The van der Waals surface area contributed by atoms with Crippen molar-refractivity contribution < 1.29 is 14.4 Å². The quantitative estimate of drug-likeness (QED) is 0.784. The van der Waals surface area contributed by atoms with Crippen LogP contribution in [0, 0.1) is 5.82 Å². The molecule has 1 aliphatic rings. The summed E-state index contributed by atoms with van der Waals surface area (Å²) in [6.07, 6.45) is 3.65. The molecule has 1 aromatic carbocycles. The maximum Gasteiger partial charge on any atom is 0.491 e. The first-order chi connectivity index (χ1) is 8.58. The Bertz CT molecular complexity index is 414. The summed E-state index contributed by atoms with van der Waals surface area (Å²) in [6.45, 7) is 3.99. The van der Waals surface area contributed by atoms with Gasteiger partial charge in [-0.1, -0.05) is 18.6 Å². The van der Waals surface area contributed by atoms with Crippen LogP contribution < -0.4 is 5.46 Å². The molecule has 5 heteroatoms. The predicted octanol–water partition coefficient (Wildman–Crippen LogP) is 0.880. The molecule has 0 saturated carbocycles. The third kappa shape index (κ3) is 3.10. The van der Waals surface area contributed by atoms with Gasteiger partial charge in [0, 0.05) is 18.0 Å². The smallest absolute Gasteiger partial charge is 0.423 e. The third-order valence-electron chi connectivity index (χ3n) is 3.66. The Kier molecular flexibility index (Phi) is 4.38. The molecule has 0 radical (unpaired) electrons. The summed E-state index contributed by atoms with van der Waals surface area (Å²) >= 11 is 0. The van der Waals surface area contributed by atoms with E-state index in [0.29, 0.717) is 6.04 Å². The third-order valence-corrected chi connectivity index (χ3v) is 3.66. The summed E-state index contributed by atoms with van der Waals surface area (Å²) in [6, 6.07) is 5.09. The molecule has 3 nitrogen and oxygen atoms in total. The average Bonchev–Trinajstić information content (AvgIpc) is 2.34. The Morgan fingerprint density at radius 2 is 2.17 bits per heavy atom.